The molecule has 6 heteroatoms. The summed E-state index contributed by atoms with van der Waals surface area (Å²) in [6, 6.07) is 7.75. The molecule has 1 fully saturated rings. The van der Waals surface area contributed by atoms with Gasteiger partial charge in [-0.1, -0.05) is 18.2 Å². The zero-order valence-electron chi connectivity index (χ0n) is 15.4. The highest BCUT2D eigenvalue weighted by Crippen LogP contribution is 2.46. The standard InChI is InChI=1S/C19H29N3O3/c1-22(2)14-6-12-20-17(23)19(10-11-19)18(24)21-13-9-15-7-4-5-8-16(15)25-3/h4-5,7-8H,6,9-14H2,1-3H3,(H,20,23)(H,21,24). The van der Waals surface area contributed by atoms with E-state index in [0.717, 1.165) is 24.3 Å². The maximum atomic E-state index is 12.4. The van der Waals surface area contributed by atoms with Crippen molar-refractivity contribution in [2.24, 2.45) is 5.41 Å². The van der Waals surface area contributed by atoms with Crippen molar-refractivity contribution in [1.82, 2.24) is 15.5 Å². The van der Waals surface area contributed by atoms with Crippen LogP contribution in [0.15, 0.2) is 24.3 Å². The van der Waals surface area contributed by atoms with Crippen LogP contribution in [0.1, 0.15) is 24.8 Å². The van der Waals surface area contributed by atoms with E-state index >= 15 is 0 Å². The average molecular weight is 347 g/mol. The van der Waals surface area contributed by atoms with Crippen LogP contribution in [-0.2, 0) is 16.0 Å². The van der Waals surface area contributed by atoms with E-state index in [1.807, 2.05) is 38.4 Å². The Morgan fingerprint density at radius 3 is 2.36 bits per heavy atom. The molecule has 0 aliphatic heterocycles. The number of nitrogens with one attached hydrogen (secondary N) is 2. The zero-order valence-corrected chi connectivity index (χ0v) is 15.4. The van der Waals surface area contributed by atoms with Crippen LogP contribution in [-0.4, -0.2) is 57.6 Å². The van der Waals surface area contributed by atoms with Crippen LogP contribution in [0.3, 0.4) is 0 Å². The topological polar surface area (TPSA) is 70.7 Å². The number of hydrogen-bond donors (Lipinski definition) is 2. The summed E-state index contributed by atoms with van der Waals surface area (Å²) in [6.45, 7) is 2.01. The van der Waals surface area contributed by atoms with Crippen molar-refractivity contribution in [1.29, 1.82) is 0 Å². The Hall–Kier alpha value is -2.08. The third-order valence-electron chi connectivity index (χ3n) is 4.56. The van der Waals surface area contributed by atoms with Crippen molar-refractivity contribution in [3.05, 3.63) is 29.8 Å². The summed E-state index contributed by atoms with van der Waals surface area (Å²) in [6.07, 6.45) is 2.82. The van der Waals surface area contributed by atoms with Gasteiger partial charge in [-0.25, -0.2) is 0 Å². The monoisotopic (exact) mass is 347 g/mol. The van der Waals surface area contributed by atoms with Gasteiger partial charge >= 0.3 is 0 Å². The molecule has 0 unspecified atom stereocenters. The van der Waals surface area contributed by atoms with Gasteiger partial charge in [0.1, 0.15) is 11.2 Å². The maximum absolute atomic E-state index is 12.4. The highest BCUT2D eigenvalue weighted by molar-refractivity contribution is 6.07. The van der Waals surface area contributed by atoms with Crippen LogP contribution >= 0.6 is 0 Å². The number of hydrogen-bond acceptors (Lipinski definition) is 4. The molecule has 0 saturated heterocycles. The summed E-state index contributed by atoms with van der Waals surface area (Å²) in [7, 11) is 5.63. The van der Waals surface area contributed by atoms with Crippen LogP contribution in [0, 0.1) is 5.41 Å². The molecule has 0 atom stereocenters. The summed E-state index contributed by atoms with van der Waals surface area (Å²) < 4.78 is 5.31. The molecule has 138 valence electrons. The second-order valence-electron chi connectivity index (χ2n) is 6.81. The van der Waals surface area contributed by atoms with Gasteiger partial charge in [-0.05, 0) is 58.0 Å². The minimum atomic E-state index is -0.848. The number of nitrogens with zero attached hydrogens (tertiary/aromatic N) is 1. The number of rotatable bonds is 10. The number of carbonyl (C=O) groups is 2. The van der Waals surface area contributed by atoms with E-state index < -0.39 is 5.41 Å². The smallest absolute Gasteiger partial charge is 0.235 e. The Morgan fingerprint density at radius 2 is 1.76 bits per heavy atom. The Kier molecular flexibility index (Phi) is 6.82. The molecule has 1 aliphatic rings. The fourth-order valence-corrected chi connectivity index (χ4v) is 2.84. The van der Waals surface area contributed by atoms with Gasteiger partial charge in [0.25, 0.3) is 0 Å². The van der Waals surface area contributed by atoms with Gasteiger partial charge in [-0.2, -0.15) is 0 Å². The van der Waals surface area contributed by atoms with Crippen LogP contribution in [0.4, 0.5) is 0 Å². The number of benzene rings is 1. The molecule has 2 amide bonds. The molecule has 0 bridgehead atoms. The normalized spacial score (nSPS) is 14.9. The first kappa shape index (κ1) is 19.2. The Balaban J connectivity index is 1.77. The Morgan fingerprint density at radius 1 is 1.12 bits per heavy atom. The first-order valence-electron chi connectivity index (χ1n) is 8.83. The SMILES string of the molecule is COc1ccccc1CCNC(=O)C1(C(=O)NCCCN(C)C)CC1. The lowest BCUT2D eigenvalue weighted by molar-refractivity contribution is -0.137. The number of methoxy groups -OCH3 is 1. The van der Waals surface area contributed by atoms with Crippen molar-refractivity contribution in [2.45, 2.75) is 25.7 Å². The van der Waals surface area contributed by atoms with E-state index in [-0.39, 0.29) is 11.8 Å². The first-order chi connectivity index (χ1) is 12.0. The number of ether oxygens (including phenoxy) is 1. The van der Waals surface area contributed by atoms with Crippen LogP contribution < -0.4 is 15.4 Å². The van der Waals surface area contributed by atoms with Gasteiger partial charge in [0, 0.05) is 13.1 Å². The van der Waals surface area contributed by atoms with E-state index in [2.05, 4.69) is 15.5 Å². The molecule has 1 saturated carbocycles. The Labute approximate surface area is 149 Å². The van der Waals surface area contributed by atoms with E-state index in [1.165, 1.54) is 0 Å². The summed E-state index contributed by atoms with van der Waals surface area (Å²) in [5.41, 5.74) is 0.196. The minimum absolute atomic E-state index is 0.138. The van der Waals surface area contributed by atoms with Crippen LogP contribution in [0.5, 0.6) is 5.75 Å². The fraction of sp³-hybridized carbons (Fsp3) is 0.579. The Bertz CT molecular complexity index is 597. The molecule has 6 nitrogen and oxygen atoms in total. The van der Waals surface area contributed by atoms with Gasteiger partial charge in [0.2, 0.25) is 11.8 Å². The molecule has 0 radical (unpaired) electrons. The molecule has 1 aliphatic carbocycles. The maximum Gasteiger partial charge on any atom is 0.235 e. The highest BCUT2D eigenvalue weighted by atomic mass is 16.5. The second kappa shape index (κ2) is 8.85. The van der Waals surface area contributed by atoms with E-state index in [0.29, 0.717) is 32.4 Å². The highest BCUT2D eigenvalue weighted by Gasteiger charge is 2.56. The predicted octanol–water partition coefficient (Wildman–Crippen LogP) is 1.20. The van der Waals surface area contributed by atoms with Gasteiger partial charge in [-0.3, -0.25) is 9.59 Å². The fourth-order valence-electron chi connectivity index (χ4n) is 2.84. The van der Waals surface area contributed by atoms with E-state index in [4.69, 9.17) is 4.74 Å². The lowest BCUT2D eigenvalue weighted by Crippen LogP contribution is -2.44. The third-order valence-corrected chi connectivity index (χ3v) is 4.56. The quantitative estimate of drug-likeness (QED) is 0.493. The molecule has 25 heavy (non-hydrogen) atoms. The third kappa shape index (κ3) is 5.19. The van der Waals surface area contributed by atoms with Crippen LogP contribution in [0.2, 0.25) is 0 Å². The average Bonchev–Trinajstić information content (AvgIpc) is 3.40. The predicted molar refractivity (Wildman–Crippen MR) is 97.6 cm³/mol. The van der Waals surface area contributed by atoms with Crippen molar-refractivity contribution >= 4 is 11.8 Å². The molecule has 1 aromatic carbocycles. The number of para-hydroxylation sites is 1. The summed E-state index contributed by atoms with van der Waals surface area (Å²) >= 11 is 0. The van der Waals surface area contributed by atoms with Crippen LogP contribution in [0.25, 0.3) is 0 Å². The lowest BCUT2D eigenvalue weighted by atomic mass is 10.0. The summed E-state index contributed by atoms with van der Waals surface area (Å²) in [5.74, 6) is 0.519. The van der Waals surface area contributed by atoms with Gasteiger partial charge in [0.15, 0.2) is 0 Å². The first-order valence-corrected chi connectivity index (χ1v) is 8.83. The molecule has 0 aromatic heterocycles. The largest absolute Gasteiger partial charge is 0.496 e. The van der Waals surface area contributed by atoms with Crippen molar-refractivity contribution in [3.63, 3.8) is 0 Å². The van der Waals surface area contributed by atoms with E-state index in [9.17, 15) is 9.59 Å². The second-order valence-corrected chi connectivity index (χ2v) is 6.81. The molecule has 2 rings (SSSR count). The minimum Gasteiger partial charge on any atom is -0.496 e. The molecule has 2 N–H and O–H groups in total. The van der Waals surface area contributed by atoms with E-state index in [1.54, 1.807) is 7.11 Å². The molecular weight excluding hydrogens is 318 g/mol. The van der Waals surface area contributed by atoms with Crippen molar-refractivity contribution in [2.75, 3.05) is 40.8 Å². The molecular formula is C19H29N3O3. The van der Waals surface area contributed by atoms with Crippen molar-refractivity contribution < 1.29 is 14.3 Å². The van der Waals surface area contributed by atoms with Crippen molar-refractivity contribution in [3.8, 4) is 5.75 Å². The lowest BCUT2D eigenvalue weighted by Gasteiger charge is -2.16. The summed E-state index contributed by atoms with van der Waals surface area (Å²) in [4.78, 5) is 26.9. The molecule has 1 aromatic rings. The van der Waals surface area contributed by atoms with Gasteiger partial charge < -0.3 is 20.3 Å². The number of carbonyl (C=O) groups excluding carboxylic acids is 2. The molecule has 0 spiro atoms. The van der Waals surface area contributed by atoms with Gasteiger partial charge in [0.05, 0.1) is 7.11 Å². The zero-order chi connectivity index (χ0) is 18.3. The molecule has 0 heterocycles. The van der Waals surface area contributed by atoms with Gasteiger partial charge in [-0.15, -0.1) is 0 Å². The number of amides is 2. The summed E-state index contributed by atoms with van der Waals surface area (Å²) in [5, 5.41) is 5.81.